The number of amides is 1. The van der Waals surface area contributed by atoms with Crippen LogP contribution in [-0.2, 0) is 4.79 Å². The van der Waals surface area contributed by atoms with Gasteiger partial charge >= 0.3 is 0 Å². The molecule has 1 N–H and O–H groups in total. The van der Waals surface area contributed by atoms with Crippen LogP contribution in [0.15, 0.2) is 64.4 Å². The second-order valence-corrected chi connectivity index (χ2v) is 6.83. The number of anilines is 1. The highest BCUT2D eigenvalue weighted by Gasteiger charge is 2.10. The van der Waals surface area contributed by atoms with Crippen molar-refractivity contribution in [2.75, 3.05) is 11.1 Å². The molecule has 0 bridgehead atoms. The first kappa shape index (κ1) is 18.2. The maximum absolute atomic E-state index is 12.1. The predicted molar refractivity (Wildman–Crippen MR) is 103 cm³/mol. The molecule has 132 valence electrons. The van der Waals surface area contributed by atoms with Crippen molar-refractivity contribution < 1.29 is 14.0 Å². The molecule has 0 aliphatic rings. The molecule has 0 aliphatic carbocycles. The number of carbonyl (C=O) groups excluding carboxylic acids is 2. The SMILES string of the molecule is CC(=O)c1cccc(NC(=O)CSc2ncc(-c3ccc(Cl)cc3)o2)c1. The lowest BCUT2D eigenvalue weighted by atomic mass is 10.1. The zero-order chi connectivity index (χ0) is 18.5. The van der Waals surface area contributed by atoms with Crippen LogP contribution in [0.2, 0.25) is 5.02 Å². The summed E-state index contributed by atoms with van der Waals surface area (Å²) in [5.41, 5.74) is 1.99. The van der Waals surface area contributed by atoms with Gasteiger partial charge in [-0.25, -0.2) is 4.98 Å². The van der Waals surface area contributed by atoms with Crippen LogP contribution in [0.1, 0.15) is 17.3 Å². The van der Waals surface area contributed by atoms with Crippen LogP contribution >= 0.6 is 23.4 Å². The third-order valence-electron chi connectivity index (χ3n) is 3.49. The van der Waals surface area contributed by atoms with Crippen LogP contribution in [-0.4, -0.2) is 22.4 Å². The highest BCUT2D eigenvalue weighted by Crippen LogP contribution is 2.26. The fourth-order valence-electron chi connectivity index (χ4n) is 2.21. The minimum atomic E-state index is -0.207. The number of benzene rings is 2. The first-order valence-electron chi connectivity index (χ1n) is 7.77. The minimum Gasteiger partial charge on any atom is -0.431 e. The molecule has 0 unspecified atom stereocenters. The highest BCUT2D eigenvalue weighted by molar-refractivity contribution is 7.99. The maximum atomic E-state index is 12.1. The van der Waals surface area contributed by atoms with E-state index in [2.05, 4.69) is 10.3 Å². The van der Waals surface area contributed by atoms with Gasteiger partial charge in [-0.1, -0.05) is 35.5 Å². The number of thioether (sulfide) groups is 1. The Balaban J connectivity index is 1.57. The van der Waals surface area contributed by atoms with Gasteiger partial charge in [-0.05, 0) is 43.3 Å². The number of hydrogen-bond donors (Lipinski definition) is 1. The van der Waals surface area contributed by atoms with Gasteiger partial charge in [0.15, 0.2) is 11.5 Å². The first-order valence-corrected chi connectivity index (χ1v) is 9.13. The number of aromatic nitrogens is 1. The van der Waals surface area contributed by atoms with Gasteiger partial charge in [0.25, 0.3) is 5.22 Å². The predicted octanol–water partition coefficient (Wildman–Crippen LogP) is 4.93. The number of rotatable bonds is 6. The third-order valence-corrected chi connectivity index (χ3v) is 4.59. The van der Waals surface area contributed by atoms with Gasteiger partial charge in [-0.3, -0.25) is 9.59 Å². The van der Waals surface area contributed by atoms with E-state index >= 15 is 0 Å². The van der Waals surface area contributed by atoms with Crippen molar-refractivity contribution in [2.24, 2.45) is 0 Å². The van der Waals surface area contributed by atoms with Crippen molar-refractivity contribution in [3.05, 3.63) is 65.3 Å². The molecule has 0 atom stereocenters. The van der Waals surface area contributed by atoms with Gasteiger partial charge < -0.3 is 9.73 Å². The largest absolute Gasteiger partial charge is 0.431 e. The van der Waals surface area contributed by atoms with E-state index in [1.807, 2.05) is 12.1 Å². The van der Waals surface area contributed by atoms with Crippen LogP contribution < -0.4 is 5.32 Å². The normalized spacial score (nSPS) is 10.5. The summed E-state index contributed by atoms with van der Waals surface area (Å²) in [7, 11) is 0. The number of Topliss-reactive ketones (excluding diaryl/α,β-unsaturated/α-hetero) is 1. The number of nitrogens with one attached hydrogen (secondary N) is 1. The van der Waals surface area contributed by atoms with Gasteiger partial charge in [0.05, 0.1) is 11.9 Å². The van der Waals surface area contributed by atoms with Crippen LogP contribution in [0.3, 0.4) is 0 Å². The molecular formula is C19H15ClN2O3S. The monoisotopic (exact) mass is 386 g/mol. The topological polar surface area (TPSA) is 72.2 Å². The Morgan fingerprint density at radius 1 is 1.19 bits per heavy atom. The highest BCUT2D eigenvalue weighted by atomic mass is 35.5. The molecule has 7 heteroatoms. The maximum Gasteiger partial charge on any atom is 0.256 e. The summed E-state index contributed by atoms with van der Waals surface area (Å²) in [6, 6.07) is 14.0. The Hall–Kier alpha value is -2.57. The summed E-state index contributed by atoms with van der Waals surface area (Å²) in [5, 5.41) is 3.81. The quantitative estimate of drug-likeness (QED) is 0.480. The smallest absolute Gasteiger partial charge is 0.256 e. The van der Waals surface area contributed by atoms with Crippen molar-refractivity contribution in [2.45, 2.75) is 12.1 Å². The molecule has 0 spiro atoms. The average molecular weight is 387 g/mol. The molecule has 2 aromatic carbocycles. The minimum absolute atomic E-state index is 0.0509. The third kappa shape index (κ3) is 4.74. The van der Waals surface area contributed by atoms with Crippen LogP contribution in [0.5, 0.6) is 0 Å². The average Bonchev–Trinajstić information content (AvgIpc) is 3.10. The van der Waals surface area contributed by atoms with E-state index in [1.54, 1.807) is 42.6 Å². The number of halogens is 1. The summed E-state index contributed by atoms with van der Waals surface area (Å²) in [5.74, 6) is 0.496. The molecule has 1 amide bonds. The lowest BCUT2D eigenvalue weighted by molar-refractivity contribution is -0.113. The fourth-order valence-corrected chi connectivity index (χ4v) is 2.94. The molecule has 5 nitrogen and oxygen atoms in total. The van der Waals surface area contributed by atoms with E-state index < -0.39 is 0 Å². The van der Waals surface area contributed by atoms with E-state index in [4.69, 9.17) is 16.0 Å². The van der Waals surface area contributed by atoms with E-state index in [0.717, 1.165) is 5.56 Å². The van der Waals surface area contributed by atoms with Crippen LogP contribution in [0.4, 0.5) is 5.69 Å². The van der Waals surface area contributed by atoms with Crippen molar-refractivity contribution >= 4 is 40.7 Å². The number of nitrogens with zero attached hydrogens (tertiary/aromatic N) is 1. The van der Waals surface area contributed by atoms with Crippen LogP contribution in [0.25, 0.3) is 11.3 Å². The Labute approximate surface area is 159 Å². The molecule has 1 aromatic heterocycles. The molecule has 0 fully saturated rings. The Morgan fingerprint density at radius 3 is 2.69 bits per heavy atom. The standard InChI is InChI=1S/C19H15ClN2O3S/c1-12(23)14-3-2-4-16(9-14)22-18(24)11-26-19-21-10-17(25-19)13-5-7-15(20)8-6-13/h2-10H,11H2,1H3,(H,22,24). The van der Waals surface area contributed by atoms with E-state index in [1.165, 1.54) is 18.7 Å². The number of hydrogen-bond acceptors (Lipinski definition) is 5. The van der Waals surface area contributed by atoms with E-state index in [9.17, 15) is 9.59 Å². The Bertz CT molecular complexity index is 938. The molecule has 0 aliphatic heterocycles. The Morgan fingerprint density at radius 2 is 1.96 bits per heavy atom. The Kier molecular flexibility index (Phi) is 5.75. The van der Waals surface area contributed by atoms with Crippen molar-refractivity contribution in [3.8, 4) is 11.3 Å². The molecular weight excluding hydrogens is 372 g/mol. The molecule has 0 saturated carbocycles. The second kappa shape index (κ2) is 8.21. The van der Waals surface area contributed by atoms with Gasteiger partial charge in [-0.2, -0.15) is 0 Å². The zero-order valence-corrected chi connectivity index (χ0v) is 15.4. The van der Waals surface area contributed by atoms with Gasteiger partial charge in [0, 0.05) is 21.8 Å². The molecule has 3 aromatic rings. The number of ketones is 1. The van der Waals surface area contributed by atoms with Crippen molar-refractivity contribution in [1.82, 2.24) is 4.98 Å². The van der Waals surface area contributed by atoms with Gasteiger partial charge in [-0.15, -0.1) is 0 Å². The second-order valence-electron chi connectivity index (χ2n) is 5.47. The summed E-state index contributed by atoms with van der Waals surface area (Å²) < 4.78 is 5.64. The lowest BCUT2D eigenvalue weighted by Gasteiger charge is -2.05. The molecule has 0 saturated heterocycles. The summed E-state index contributed by atoms with van der Waals surface area (Å²) in [6.45, 7) is 1.48. The zero-order valence-electron chi connectivity index (χ0n) is 13.9. The lowest BCUT2D eigenvalue weighted by Crippen LogP contribution is -2.14. The number of oxazole rings is 1. The summed E-state index contributed by atoms with van der Waals surface area (Å²) in [6.07, 6.45) is 1.61. The van der Waals surface area contributed by atoms with Crippen molar-refractivity contribution in [3.63, 3.8) is 0 Å². The fraction of sp³-hybridized carbons (Fsp3) is 0.105. The number of carbonyl (C=O) groups is 2. The molecule has 3 rings (SSSR count). The van der Waals surface area contributed by atoms with E-state index in [-0.39, 0.29) is 17.4 Å². The van der Waals surface area contributed by atoms with Gasteiger partial charge in [0.1, 0.15) is 0 Å². The summed E-state index contributed by atoms with van der Waals surface area (Å²) >= 11 is 7.06. The van der Waals surface area contributed by atoms with Crippen molar-refractivity contribution in [1.29, 1.82) is 0 Å². The molecule has 0 radical (unpaired) electrons. The molecule has 1 heterocycles. The molecule has 26 heavy (non-hydrogen) atoms. The first-order chi connectivity index (χ1) is 12.5. The van der Waals surface area contributed by atoms with Crippen LogP contribution in [0, 0.1) is 0 Å². The van der Waals surface area contributed by atoms with Gasteiger partial charge in [0.2, 0.25) is 5.91 Å². The van der Waals surface area contributed by atoms with E-state index in [0.29, 0.717) is 27.3 Å². The summed E-state index contributed by atoms with van der Waals surface area (Å²) in [4.78, 5) is 27.6.